The van der Waals surface area contributed by atoms with E-state index in [0.29, 0.717) is 46.2 Å². The first-order chi connectivity index (χ1) is 16.8. The Labute approximate surface area is 220 Å². The van der Waals surface area contributed by atoms with Crippen LogP contribution in [0.3, 0.4) is 0 Å². The van der Waals surface area contributed by atoms with Gasteiger partial charge in [-0.3, -0.25) is 14.4 Å². The van der Waals surface area contributed by atoms with Crippen LogP contribution in [0.4, 0.5) is 0 Å². The van der Waals surface area contributed by atoms with E-state index in [2.05, 4.69) is 5.32 Å². The van der Waals surface area contributed by atoms with Crippen LogP contribution in [0.2, 0.25) is 10.0 Å². The molecule has 0 heterocycles. The highest BCUT2D eigenvalue weighted by molar-refractivity contribution is 6.33. The van der Waals surface area contributed by atoms with Crippen molar-refractivity contribution < 1.29 is 33.8 Å². The summed E-state index contributed by atoms with van der Waals surface area (Å²) >= 11 is 12.0. The minimum atomic E-state index is -1.16. The highest BCUT2D eigenvalue weighted by Crippen LogP contribution is 2.34. The lowest BCUT2D eigenvalue weighted by atomic mass is 10.00. The summed E-state index contributed by atoms with van der Waals surface area (Å²) in [6.45, 7) is 12.6. The second-order valence-corrected chi connectivity index (χ2v) is 8.43. The van der Waals surface area contributed by atoms with Crippen LogP contribution in [0.5, 0.6) is 11.5 Å². The van der Waals surface area contributed by atoms with E-state index >= 15 is 0 Å². The first-order valence-corrected chi connectivity index (χ1v) is 12.0. The topological polar surface area (TPSA) is 119 Å². The lowest BCUT2D eigenvalue weighted by molar-refractivity contribution is 0.0691. The van der Waals surface area contributed by atoms with Gasteiger partial charge in [0.25, 0.3) is 5.91 Å². The summed E-state index contributed by atoms with van der Waals surface area (Å²) in [5.74, 6) is -1.50. The summed E-state index contributed by atoms with van der Waals surface area (Å²) < 4.78 is 10.8. The van der Waals surface area contributed by atoms with Crippen LogP contribution in [-0.4, -0.2) is 48.3 Å². The van der Waals surface area contributed by atoms with E-state index in [-0.39, 0.29) is 46.0 Å². The molecule has 196 valence electrons. The molecule has 0 aliphatic rings. The molecule has 0 bridgehead atoms. The van der Waals surface area contributed by atoms with Crippen molar-refractivity contribution in [2.24, 2.45) is 0 Å². The predicted molar refractivity (Wildman–Crippen MR) is 140 cm³/mol. The molecule has 0 spiro atoms. The number of Topliss-reactive ketones (excluding diaryl/α,β-unsaturated/α-hetero) is 2. The molecule has 0 saturated heterocycles. The molecule has 0 fully saturated rings. The van der Waals surface area contributed by atoms with Crippen molar-refractivity contribution in [2.45, 2.75) is 48.5 Å². The molecular weight excluding hydrogens is 509 g/mol. The molecule has 0 saturated carbocycles. The predicted octanol–water partition coefficient (Wildman–Crippen LogP) is 5.95. The van der Waals surface area contributed by atoms with E-state index < -0.39 is 5.97 Å². The van der Waals surface area contributed by atoms with Gasteiger partial charge in [0.1, 0.15) is 17.1 Å². The fourth-order valence-corrected chi connectivity index (χ4v) is 3.75. The van der Waals surface area contributed by atoms with Crippen molar-refractivity contribution in [3.63, 3.8) is 0 Å². The number of ketones is 2. The summed E-state index contributed by atoms with van der Waals surface area (Å²) in [6.07, 6.45) is 0. The maximum atomic E-state index is 12.1. The molecule has 10 heteroatoms. The van der Waals surface area contributed by atoms with Gasteiger partial charge < -0.3 is 19.9 Å². The summed E-state index contributed by atoms with van der Waals surface area (Å²) in [5.41, 5.74) is 1.82. The summed E-state index contributed by atoms with van der Waals surface area (Å²) in [5, 5.41) is 12.5. The third-order valence-corrected chi connectivity index (χ3v) is 5.85. The number of amides is 1. The molecule has 2 N–H and O–H groups in total. The van der Waals surface area contributed by atoms with Gasteiger partial charge in [-0.2, -0.15) is 0 Å². The Morgan fingerprint density at radius 2 is 1.19 bits per heavy atom. The molecule has 0 aliphatic carbocycles. The summed E-state index contributed by atoms with van der Waals surface area (Å²) in [4.78, 5) is 46.4. The quantitative estimate of drug-likeness (QED) is 0.378. The van der Waals surface area contributed by atoms with Crippen LogP contribution in [0.25, 0.3) is 0 Å². The third-order valence-electron chi connectivity index (χ3n) is 5.07. The van der Waals surface area contributed by atoms with Crippen molar-refractivity contribution in [3.05, 3.63) is 55.6 Å². The Kier molecular flexibility index (Phi) is 11.9. The molecule has 2 aromatic rings. The number of carboxylic acid groups (broad SMARTS) is 1. The van der Waals surface area contributed by atoms with Crippen molar-refractivity contribution in [1.82, 2.24) is 5.32 Å². The molecule has 0 unspecified atom stereocenters. The molecule has 0 aromatic heterocycles. The van der Waals surface area contributed by atoms with Gasteiger partial charge >= 0.3 is 5.97 Å². The first kappa shape index (κ1) is 30.9. The van der Waals surface area contributed by atoms with E-state index in [9.17, 15) is 19.2 Å². The number of halogens is 2. The highest BCUT2D eigenvalue weighted by atomic mass is 35.5. The molecule has 36 heavy (non-hydrogen) atoms. The monoisotopic (exact) mass is 539 g/mol. The third kappa shape index (κ3) is 7.21. The molecule has 0 aliphatic heterocycles. The number of carboxylic acids is 1. The second-order valence-electron chi connectivity index (χ2n) is 7.61. The second kappa shape index (κ2) is 13.8. The average molecular weight is 540 g/mol. The minimum absolute atomic E-state index is 0.0513. The van der Waals surface area contributed by atoms with Crippen molar-refractivity contribution in [3.8, 4) is 11.5 Å². The summed E-state index contributed by atoms with van der Waals surface area (Å²) in [7, 11) is 0. The van der Waals surface area contributed by atoms with E-state index in [1.54, 1.807) is 33.8 Å². The van der Waals surface area contributed by atoms with Gasteiger partial charge in [0.05, 0.1) is 29.9 Å². The smallest absolute Gasteiger partial charge is 0.339 e. The normalized spacial score (nSPS) is 10.1. The van der Waals surface area contributed by atoms with E-state index in [0.717, 1.165) is 0 Å². The van der Waals surface area contributed by atoms with Crippen LogP contribution in [-0.2, 0) is 0 Å². The highest BCUT2D eigenvalue weighted by Gasteiger charge is 2.24. The number of carbonyl (C=O) groups is 4. The number of aromatic carboxylic acids is 1. The van der Waals surface area contributed by atoms with E-state index in [1.807, 2.05) is 6.92 Å². The van der Waals surface area contributed by atoms with Crippen LogP contribution in [0.1, 0.15) is 87.2 Å². The number of rotatable bonds is 9. The zero-order valence-corrected chi connectivity index (χ0v) is 22.9. The maximum absolute atomic E-state index is 12.1. The lowest BCUT2D eigenvalue weighted by Crippen LogP contribution is -2.25. The van der Waals surface area contributed by atoms with Crippen molar-refractivity contribution in [2.75, 3.05) is 19.8 Å². The molecule has 2 aromatic carbocycles. The first-order valence-electron chi connectivity index (χ1n) is 11.3. The average Bonchev–Trinajstić information content (AvgIpc) is 2.78. The Bertz CT molecular complexity index is 1180. The minimum Gasteiger partial charge on any atom is -0.492 e. The SMILES string of the molecule is CCNC(=O)c1c(C)c(Cl)cc(C(C)=O)c1OCC.CCOc1c(C(C)=O)cc(Cl)c(C)c1C(=O)O. The zero-order valence-electron chi connectivity index (χ0n) is 21.4. The van der Waals surface area contributed by atoms with Gasteiger partial charge in [-0.1, -0.05) is 23.2 Å². The molecule has 0 atom stereocenters. The Morgan fingerprint density at radius 3 is 1.53 bits per heavy atom. The van der Waals surface area contributed by atoms with Crippen LogP contribution in [0.15, 0.2) is 12.1 Å². The van der Waals surface area contributed by atoms with Gasteiger partial charge in [-0.25, -0.2) is 4.79 Å². The van der Waals surface area contributed by atoms with Crippen LogP contribution in [0, 0.1) is 13.8 Å². The van der Waals surface area contributed by atoms with E-state index in [1.165, 1.54) is 19.9 Å². The fraction of sp³-hybridized carbons (Fsp3) is 0.385. The number of nitrogens with one attached hydrogen (secondary N) is 1. The van der Waals surface area contributed by atoms with Gasteiger partial charge in [-0.05, 0) is 71.7 Å². The maximum Gasteiger partial charge on any atom is 0.339 e. The molecule has 8 nitrogen and oxygen atoms in total. The van der Waals surface area contributed by atoms with Crippen molar-refractivity contribution in [1.29, 1.82) is 0 Å². The Balaban J connectivity index is 0.000000362. The van der Waals surface area contributed by atoms with Crippen molar-refractivity contribution >= 4 is 46.6 Å². The largest absolute Gasteiger partial charge is 0.492 e. The van der Waals surface area contributed by atoms with Gasteiger partial charge in [0, 0.05) is 16.6 Å². The number of hydrogen-bond acceptors (Lipinski definition) is 6. The van der Waals surface area contributed by atoms with Gasteiger partial charge in [0.15, 0.2) is 11.6 Å². The standard InChI is InChI=1S/C14H18ClNO3.C12H13ClO4/c1-5-16-14(18)12-8(3)11(15)7-10(9(4)17)13(12)19-6-2;1-4-17-11-8(7(3)14)5-9(13)6(2)10(11)12(15)16/h7H,5-6H2,1-4H3,(H,16,18);5H,4H2,1-3H3,(H,15,16). The molecule has 0 radical (unpaired) electrons. The van der Waals surface area contributed by atoms with Crippen LogP contribution >= 0.6 is 23.2 Å². The Morgan fingerprint density at radius 1 is 0.806 bits per heavy atom. The van der Waals surface area contributed by atoms with E-state index in [4.69, 9.17) is 37.8 Å². The van der Waals surface area contributed by atoms with Gasteiger partial charge in [0.2, 0.25) is 0 Å². The van der Waals surface area contributed by atoms with Crippen LogP contribution < -0.4 is 14.8 Å². The molecular formula is C26H31Cl2NO7. The fourth-order valence-electron chi connectivity index (χ4n) is 3.34. The number of carbonyl (C=O) groups excluding carboxylic acids is 3. The zero-order chi connectivity index (χ0) is 27.7. The number of ether oxygens (including phenoxy) is 2. The number of hydrogen-bond donors (Lipinski definition) is 2. The summed E-state index contributed by atoms with van der Waals surface area (Å²) in [6, 6.07) is 2.99. The molecule has 1 amide bonds. The Hall–Kier alpha value is -3.10. The molecule has 2 rings (SSSR count). The lowest BCUT2D eigenvalue weighted by Gasteiger charge is -2.17. The number of benzene rings is 2. The van der Waals surface area contributed by atoms with Gasteiger partial charge in [-0.15, -0.1) is 0 Å².